The average molecular weight is 170 g/mol. The predicted molar refractivity (Wildman–Crippen MR) is 47.9 cm³/mol. The SMILES string of the molecule is CCC(Cl)c1cncc(C)c1. The standard InChI is InChI=1S/C9H12ClN/c1-3-9(10)8-4-7(2)5-11-6-8/h4-6,9H,3H2,1-2H3. The molecule has 0 N–H and O–H groups in total. The van der Waals surface area contributed by atoms with Crippen molar-refractivity contribution in [1.82, 2.24) is 4.98 Å². The molecule has 0 bridgehead atoms. The van der Waals surface area contributed by atoms with Crippen LogP contribution in [-0.2, 0) is 0 Å². The van der Waals surface area contributed by atoms with Crippen LogP contribution in [0.3, 0.4) is 0 Å². The molecule has 0 amide bonds. The van der Waals surface area contributed by atoms with Crippen LogP contribution in [-0.4, -0.2) is 4.98 Å². The zero-order chi connectivity index (χ0) is 8.27. The third-order valence-corrected chi connectivity index (χ3v) is 2.18. The minimum absolute atomic E-state index is 0.113. The van der Waals surface area contributed by atoms with E-state index in [1.54, 1.807) is 0 Å². The summed E-state index contributed by atoms with van der Waals surface area (Å²) in [5.41, 5.74) is 2.29. The van der Waals surface area contributed by atoms with Gasteiger partial charge in [0.15, 0.2) is 0 Å². The van der Waals surface area contributed by atoms with Gasteiger partial charge in [0.25, 0.3) is 0 Å². The molecule has 1 rings (SSSR count). The molecular weight excluding hydrogens is 158 g/mol. The Kier molecular flexibility index (Phi) is 2.89. The quantitative estimate of drug-likeness (QED) is 0.621. The molecule has 1 unspecified atom stereocenters. The maximum Gasteiger partial charge on any atom is 0.0597 e. The first-order chi connectivity index (χ1) is 5.24. The lowest BCUT2D eigenvalue weighted by molar-refractivity contribution is 0.874. The summed E-state index contributed by atoms with van der Waals surface area (Å²) in [5.74, 6) is 0. The van der Waals surface area contributed by atoms with Gasteiger partial charge in [-0.3, -0.25) is 4.98 Å². The van der Waals surface area contributed by atoms with Gasteiger partial charge >= 0.3 is 0 Å². The number of alkyl halides is 1. The van der Waals surface area contributed by atoms with Gasteiger partial charge in [-0.1, -0.05) is 13.0 Å². The molecule has 1 aromatic heterocycles. The van der Waals surface area contributed by atoms with Gasteiger partial charge in [0.05, 0.1) is 5.38 Å². The molecular formula is C9H12ClN. The molecule has 0 saturated heterocycles. The van der Waals surface area contributed by atoms with E-state index in [4.69, 9.17) is 11.6 Å². The Morgan fingerprint density at radius 1 is 1.55 bits per heavy atom. The Hall–Kier alpha value is -0.560. The molecule has 0 aliphatic heterocycles. The van der Waals surface area contributed by atoms with Gasteiger partial charge in [-0.2, -0.15) is 0 Å². The number of aromatic nitrogens is 1. The molecule has 2 heteroatoms. The maximum absolute atomic E-state index is 6.02. The fourth-order valence-corrected chi connectivity index (χ4v) is 1.10. The van der Waals surface area contributed by atoms with Gasteiger partial charge in [0, 0.05) is 12.4 Å². The number of hydrogen-bond donors (Lipinski definition) is 0. The fourth-order valence-electron chi connectivity index (χ4n) is 0.985. The third-order valence-electron chi connectivity index (χ3n) is 1.62. The molecule has 1 atom stereocenters. The van der Waals surface area contributed by atoms with Gasteiger partial charge in [-0.15, -0.1) is 11.6 Å². The molecule has 0 spiro atoms. The fraction of sp³-hybridized carbons (Fsp3) is 0.444. The molecule has 11 heavy (non-hydrogen) atoms. The van der Waals surface area contributed by atoms with E-state index in [2.05, 4.69) is 18.0 Å². The molecule has 0 saturated carbocycles. The number of rotatable bonds is 2. The second-order valence-electron chi connectivity index (χ2n) is 2.67. The van der Waals surface area contributed by atoms with Crippen molar-refractivity contribution >= 4 is 11.6 Å². The van der Waals surface area contributed by atoms with Crippen LogP contribution in [0.25, 0.3) is 0 Å². The Balaban J connectivity index is 2.86. The summed E-state index contributed by atoms with van der Waals surface area (Å²) in [6, 6.07) is 2.08. The van der Waals surface area contributed by atoms with Crippen LogP contribution >= 0.6 is 11.6 Å². The van der Waals surface area contributed by atoms with Crippen LogP contribution < -0.4 is 0 Å². The number of halogens is 1. The van der Waals surface area contributed by atoms with E-state index in [0.717, 1.165) is 12.0 Å². The molecule has 0 radical (unpaired) electrons. The van der Waals surface area contributed by atoms with Crippen LogP contribution in [0.5, 0.6) is 0 Å². The van der Waals surface area contributed by atoms with Gasteiger partial charge in [-0.05, 0) is 24.5 Å². The van der Waals surface area contributed by atoms with E-state index < -0.39 is 0 Å². The van der Waals surface area contributed by atoms with Crippen molar-refractivity contribution in [3.63, 3.8) is 0 Å². The van der Waals surface area contributed by atoms with Crippen molar-refractivity contribution in [2.75, 3.05) is 0 Å². The zero-order valence-corrected chi connectivity index (χ0v) is 7.60. The van der Waals surface area contributed by atoms with E-state index in [-0.39, 0.29) is 5.38 Å². The minimum atomic E-state index is 0.113. The summed E-state index contributed by atoms with van der Waals surface area (Å²) in [4.78, 5) is 4.07. The first-order valence-electron chi connectivity index (χ1n) is 3.79. The second-order valence-corrected chi connectivity index (χ2v) is 3.20. The molecule has 0 aliphatic rings. The Labute approximate surface area is 72.4 Å². The lowest BCUT2D eigenvalue weighted by atomic mass is 10.1. The van der Waals surface area contributed by atoms with Crippen LogP contribution in [0.1, 0.15) is 29.8 Å². The summed E-state index contributed by atoms with van der Waals surface area (Å²) in [7, 11) is 0. The topological polar surface area (TPSA) is 12.9 Å². The van der Waals surface area contributed by atoms with Gasteiger partial charge < -0.3 is 0 Å². The van der Waals surface area contributed by atoms with Crippen molar-refractivity contribution in [3.05, 3.63) is 29.6 Å². The van der Waals surface area contributed by atoms with E-state index in [1.165, 1.54) is 5.56 Å². The third kappa shape index (κ3) is 2.19. The molecule has 0 aromatic carbocycles. The molecule has 1 heterocycles. The van der Waals surface area contributed by atoms with E-state index >= 15 is 0 Å². The van der Waals surface area contributed by atoms with Gasteiger partial charge in [-0.25, -0.2) is 0 Å². The van der Waals surface area contributed by atoms with Crippen molar-refractivity contribution < 1.29 is 0 Å². The van der Waals surface area contributed by atoms with Crippen LogP contribution in [0.4, 0.5) is 0 Å². The Bertz CT molecular complexity index is 235. The average Bonchev–Trinajstić information content (AvgIpc) is 2.03. The van der Waals surface area contributed by atoms with Crippen molar-refractivity contribution in [1.29, 1.82) is 0 Å². The molecule has 0 fully saturated rings. The zero-order valence-electron chi connectivity index (χ0n) is 6.84. The minimum Gasteiger partial charge on any atom is -0.264 e. The lowest BCUT2D eigenvalue weighted by Gasteiger charge is -2.05. The normalized spacial score (nSPS) is 13.0. The van der Waals surface area contributed by atoms with Gasteiger partial charge in [0.2, 0.25) is 0 Å². The lowest BCUT2D eigenvalue weighted by Crippen LogP contribution is -1.89. The highest BCUT2D eigenvalue weighted by Crippen LogP contribution is 2.22. The summed E-state index contributed by atoms with van der Waals surface area (Å²) < 4.78 is 0. The van der Waals surface area contributed by atoms with Gasteiger partial charge in [0.1, 0.15) is 0 Å². The molecule has 1 aromatic rings. The molecule has 60 valence electrons. The Morgan fingerprint density at radius 2 is 2.27 bits per heavy atom. The summed E-state index contributed by atoms with van der Waals surface area (Å²) >= 11 is 6.02. The largest absolute Gasteiger partial charge is 0.264 e. The highest BCUT2D eigenvalue weighted by molar-refractivity contribution is 6.20. The molecule has 0 aliphatic carbocycles. The van der Waals surface area contributed by atoms with Crippen LogP contribution in [0.2, 0.25) is 0 Å². The van der Waals surface area contributed by atoms with Crippen LogP contribution in [0, 0.1) is 6.92 Å². The van der Waals surface area contributed by atoms with Crippen molar-refractivity contribution in [3.8, 4) is 0 Å². The number of hydrogen-bond acceptors (Lipinski definition) is 1. The van der Waals surface area contributed by atoms with Crippen molar-refractivity contribution in [2.45, 2.75) is 25.6 Å². The Morgan fingerprint density at radius 3 is 2.82 bits per heavy atom. The maximum atomic E-state index is 6.02. The summed E-state index contributed by atoms with van der Waals surface area (Å²) in [5, 5.41) is 0.113. The van der Waals surface area contributed by atoms with E-state index in [1.807, 2.05) is 19.3 Å². The summed E-state index contributed by atoms with van der Waals surface area (Å²) in [6.07, 6.45) is 4.61. The highest BCUT2D eigenvalue weighted by Gasteiger charge is 2.04. The van der Waals surface area contributed by atoms with E-state index in [0.29, 0.717) is 0 Å². The van der Waals surface area contributed by atoms with Crippen LogP contribution in [0.15, 0.2) is 18.5 Å². The first-order valence-corrected chi connectivity index (χ1v) is 4.23. The monoisotopic (exact) mass is 169 g/mol. The van der Waals surface area contributed by atoms with Crippen molar-refractivity contribution in [2.24, 2.45) is 0 Å². The summed E-state index contributed by atoms with van der Waals surface area (Å²) in [6.45, 7) is 4.09. The second kappa shape index (κ2) is 3.72. The number of aryl methyl sites for hydroxylation is 1. The molecule has 1 nitrogen and oxygen atoms in total. The predicted octanol–water partition coefficient (Wildman–Crippen LogP) is 3.08. The first kappa shape index (κ1) is 8.54. The smallest absolute Gasteiger partial charge is 0.0597 e. The number of pyridine rings is 1. The van der Waals surface area contributed by atoms with E-state index in [9.17, 15) is 0 Å². The highest BCUT2D eigenvalue weighted by atomic mass is 35.5. The number of nitrogens with zero attached hydrogens (tertiary/aromatic N) is 1.